The van der Waals surface area contributed by atoms with Gasteiger partial charge in [0.25, 0.3) is 0 Å². The molecule has 0 saturated heterocycles. The molecule has 1 aliphatic carbocycles. The molecule has 80 valence electrons. The Morgan fingerprint density at radius 3 is 1.64 bits per heavy atom. The largest absolute Gasteiger partial charge is 0.103 e. The Kier molecular flexibility index (Phi) is 2.74. The average Bonchev–Trinajstić information content (AvgIpc) is 2.02. The van der Waals surface area contributed by atoms with Crippen LogP contribution in [-0.2, 0) is 0 Å². The first-order valence-electron chi connectivity index (χ1n) is 5.71. The van der Waals surface area contributed by atoms with Crippen LogP contribution in [0.2, 0.25) is 0 Å². The van der Waals surface area contributed by atoms with Crippen LogP contribution in [0.4, 0.5) is 0 Å². The van der Waals surface area contributed by atoms with Gasteiger partial charge in [-0.2, -0.15) is 0 Å². The second-order valence-corrected chi connectivity index (χ2v) is 6.56. The number of rotatable bonds is 0. The second-order valence-electron chi connectivity index (χ2n) is 6.56. The monoisotopic (exact) mass is 192 g/mol. The van der Waals surface area contributed by atoms with Crippen LogP contribution in [0.1, 0.15) is 60.8 Å². The van der Waals surface area contributed by atoms with Crippen molar-refractivity contribution in [1.82, 2.24) is 0 Å². The minimum absolute atomic E-state index is 0.193. The summed E-state index contributed by atoms with van der Waals surface area (Å²) in [5.41, 5.74) is 0.746. The Morgan fingerprint density at radius 1 is 0.929 bits per heavy atom. The summed E-state index contributed by atoms with van der Waals surface area (Å²) in [6, 6.07) is 0. The van der Waals surface area contributed by atoms with Crippen molar-refractivity contribution in [2.45, 2.75) is 60.8 Å². The number of hydrogen-bond acceptors (Lipinski definition) is 0. The maximum atomic E-state index is 3.56. The summed E-state index contributed by atoms with van der Waals surface area (Å²) in [4.78, 5) is 0. The van der Waals surface area contributed by atoms with E-state index < -0.39 is 0 Å². The molecule has 0 heteroatoms. The topological polar surface area (TPSA) is 0 Å². The first-order chi connectivity index (χ1) is 6.21. The molecule has 0 atom stereocenters. The quantitative estimate of drug-likeness (QED) is 0.503. The van der Waals surface area contributed by atoms with E-state index in [1.807, 2.05) is 0 Å². The van der Waals surface area contributed by atoms with E-state index in [2.05, 4.69) is 53.4 Å². The van der Waals surface area contributed by atoms with Crippen molar-refractivity contribution in [2.75, 3.05) is 0 Å². The molecule has 0 fully saturated rings. The lowest BCUT2D eigenvalue weighted by atomic mass is 9.52. The van der Waals surface area contributed by atoms with Gasteiger partial charge in [-0.15, -0.1) is 5.92 Å². The van der Waals surface area contributed by atoms with Crippen LogP contribution in [-0.4, -0.2) is 0 Å². The highest BCUT2D eigenvalue weighted by atomic mass is 14.5. The van der Waals surface area contributed by atoms with E-state index in [4.69, 9.17) is 0 Å². The van der Waals surface area contributed by atoms with Crippen LogP contribution in [0.25, 0.3) is 0 Å². The van der Waals surface area contributed by atoms with Crippen molar-refractivity contribution in [3.05, 3.63) is 0 Å². The van der Waals surface area contributed by atoms with E-state index in [9.17, 15) is 0 Å². The van der Waals surface area contributed by atoms with E-state index in [0.29, 0.717) is 0 Å². The summed E-state index contributed by atoms with van der Waals surface area (Å²) in [6.07, 6.45) is 3.61. The molecule has 0 aromatic rings. The van der Waals surface area contributed by atoms with Crippen LogP contribution >= 0.6 is 0 Å². The van der Waals surface area contributed by atoms with Gasteiger partial charge in [0.05, 0.1) is 0 Å². The molecule has 0 heterocycles. The zero-order valence-electron chi connectivity index (χ0n) is 10.6. The summed E-state index contributed by atoms with van der Waals surface area (Å²) in [5.74, 6) is 6.90. The Bertz CT molecular complexity index is 245. The van der Waals surface area contributed by atoms with Gasteiger partial charge in [0.15, 0.2) is 0 Å². The maximum absolute atomic E-state index is 3.56. The first kappa shape index (κ1) is 11.6. The van der Waals surface area contributed by atoms with Gasteiger partial charge < -0.3 is 0 Å². The molecular formula is C14H24. The van der Waals surface area contributed by atoms with Crippen LogP contribution in [0.15, 0.2) is 0 Å². The third-order valence-electron chi connectivity index (χ3n) is 3.72. The van der Waals surface area contributed by atoms with E-state index in [1.54, 1.807) is 0 Å². The summed E-state index contributed by atoms with van der Waals surface area (Å²) < 4.78 is 0. The Morgan fingerprint density at radius 2 is 1.43 bits per heavy atom. The molecule has 0 saturated carbocycles. The summed E-state index contributed by atoms with van der Waals surface area (Å²) in [7, 11) is 0. The van der Waals surface area contributed by atoms with Crippen molar-refractivity contribution in [1.29, 1.82) is 0 Å². The molecule has 14 heavy (non-hydrogen) atoms. The lowest BCUT2D eigenvalue weighted by Gasteiger charge is -2.51. The Balaban J connectivity index is 3.20. The summed E-state index contributed by atoms with van der Waals surface area (Å²) in [6.45, 7) is 14.0. The van der Waals surface area contributed by atoms with Gasteiger partial charge >= 0.3 is 0 Å². The third kappa shape index (κ3) is 1.70. The first-order valence-corrected chi connectivity index (χ1v) is 5.71. The molecule has 0 aliphatic heterocycles. The van der Waals surface area contributed by atoms with Crippen LogP contribution in [0, 0.1) is 28.1 Å². The van der Waals surface area contributed by atoms with Gasteiger partial charge in [-0.25, -0.2) is 0 Å². The predicted octanol–water partition coefficient (Wildman–Crippen LogP) is 4.25. The smallest absolute Gasteiger partial charge is 0.0411 e. The highest BCUT2D eigenvalue weighted by molar-refractivity contribution is 5.22. The fraction of sp³-hybridized carbons (Fsp3) is 0.857. The van der Waals surface area contributed by atoms with Crippen LogP contribution in [0.3, 0.4) is 0 Å². The highest BCUT2D eigenvalue weighted by Crippen LogP contribution is 2.55. The molecule has 0 unspecified atom stereocenters. The predicted molar refractivity (Wildman–Crippen MR) is 63.0 cm³/mol. The van der Waals surface area contributed by atoms with Gasteiger partial charge in [-0.05, 0) is 23.7 Å². The zero-order valence-corrected chi connectivity index (χ0v) is 10.6. The van der Waals surface area contributed by atoms with E-state index >= 15 is 0 Å². The average molecular weight is 192 g/mol. The molecule has 0 spiro atoms. The molecule has 0 aromatic carbocycles. The Labute approximate surface area is 89.5 Å². The third-order valence-corrected chi connectivity index (χ3v) is 3.72. The summed E-state index contributed by atoms with van der Waals surface area (Å²) in [5, 5.41) is 0. The Hall–Kier alpha value is -0.440. The SMILES string of the molecule is CC(C)(C)C1(C(C)(C)C)C#CCCC1. The summed E-state index contributed by atoms with van der Waals surface area (Å²) >= 11 is 0. The second kappa shape index (κ2) is 3.30. The van der Waals surface area contributed by atoms with Crippen molar-refractivity contribution < 1.29 is 0 Å². The fourth-order valence-corrected chi connectivity index (χ4v) is 2.97. The van der Waals surface area contributed by atoms with E-state index in [0.717, 1.165) is 6.42 Å². The normalized spacial score (nSPS) is 21.3. The maximum Gasteiger partial charge on any atom is 0.0411 e. The minimum atomic E-state index is 0.193. The lowest BCUT2D eigenvalue weighted by molar-refractivity contribution is 0.0148. The molecule has 1 aliphatic rings. The molecule has 0 nitrogen and oxygen atoms in total. The van der Waals surface area contributed by atoms with Crippen molar-refractivity contribution in [3.8, 4) is 11.8 Å². The van der Waals surface area contributed by atoms with Gasteiger partial charge in [0.2, 0.25) is 0 Å². The molecule has 0 bridgehead atoms. The van der Waals surface area contributed by atoms with Gasteiger partial charge in [-0.1, -0.05) is 47.5 Å². The fourth-order valence-electron chi connectivity index (χ4n) is 2.97. The highest BCUT2D eigenvalue weighted by Gasteiger charge is 2.49. The van der Waals surface area contributed by atoms with Gasteiger partial charge in [0.1, 0.15) is 0 Å². The van der Waals surface area contributed by atoms with Gasteiger partial charge in [0, 0.05) is 11.8 Å². The molecule has 1 rings (SSSR count). The van der Waals surface area contributed by atoms with Crippen LogP contribution < -0.4 is 0 Å². The number of hydrogen-bond donors (Lipinski definition) is 0. The van der Waals surface area contributed by atoms with Gasteiger partial charge in [-0.3, -0.25) is 0 Å². The van der Waals surface area contributed by atoms with Crippen molar-refractivity contribution in [2.24, 2.45) is 16.2 Å². The molecule has 0 radical (unpaired) electrons. The molecule has 0 N–H and O–H groups in total. The molecular weight excluding hydrogens is 168 g/mol. The minimum Gasteiger partial charge on any atom is -0.103 e. The molecule has 0 aromatic heterocycles. The van der Waals surface area contributed by atoms with Crippen molar-refractivity contribution in [3.63, 3.8) is 0 Å². The van der Waals surface area contributed by atoms with E-state index in [-0.39, 0.29) is 16.2 Å². The molecule has 0 amide bonds. The van der Waals surface area contributed by atoms with Crippen molar-refractivity contribution >= 4 is 0 Å². The van der Waals surface area contributed by atoms with E-state index in [1.165, 1.54) is 12.8 Å². The van der Waals surface area contributed by atoms with Crippen LogP contribution in [0.5, 0.6) is 0 Å². The zero-order chi connectivity index (χ0) is 11.0. The lowest BCUT2D eigenvalue weighted by Crippen LogP contribution is -2.46. The standard InChI is InChI=1S/C14H24/c1-12(2,3)14(13(4,5)6)10-8-7-9-11-14/h7-8,10H2,1-6H3.